The van der Waals surface area contributed by atoms with Gasteiger partial charge >= 0.3 is 0 Å². The number of para-hydroxylation sites is 3. The van der Waals surface area contributed by atoms with Gasteiger partial charge in [0.2, 0.25) is 0 Å². The molecule has 0 aliphatic rings. The molecule has 12 aromatic carbocycles. The summed E-state index contributed by atoms with van der Waals surface area (Å²) >= 11 is 0. The Balaban J connectivity index is 0.843. The zero-order valence-electron chi connectivity index (χ0n) is 38.7. The Morgan fingerprint density at radius 2 is 0.775 bits per heavy atom. The maximum absolute atomic E-state index is 6.53. The van der Waals surface area contributed by atoms with Gasteiger partial charge in [-0.1, -0.05) is 188 Å². The molecule has 0 amide bonds. The first-order chi connectivity index (χ1) is 35.2. The molecule has 71 heavy (non-hydrogen) atoms. The Morgan fingerprint density at radius 1 is 0.282 bits per heavy atom. The number of hydrogen-bond acceptors (Lipinski definition) is 2. The van der Waals surface area contributed by atoms with Gasteiger partial charge in [0.1, 0.15) is 11.2 Å². The van der Waals surface area contributed by atoms with E-state index in [1.165, 1.54) is 60.0 Å². The molecule has 0 N–H and O–H groups in total. The monoisotopic (exact) mass is 904 g/mol. The van der Waals surface area contributed by atoms with E-state index in [0.717, 1.165) is 72.5 Å². The van der Waals surface area contributed by atoms with Gasteiger partial charge in [-0.25, -0.2) is 0 Å². The summed E-state index contributed by atoms with van der Waals surface area (Å²) in [6, 6.07) is 96.6. The van der Waals surface area contributed by atoms with E-state index in [0.29, 0.717) is 0 Å². The van der Waals surface area contributed by atoms with Crippen LogP contribution >= 0.6 is 0 Å². The summed E-state index contributed by atoms with van der Waals surface area (Å²) in [5.41, 5.74) is 17.8. The van der Waals surface area contributed by atoms with Crippen LogP contribution in [0.3, 0.4) is 0 Å². The van der Waals surface area contributed by atoms with Crippen LogP contribution in [-0.4, -0.2) is 4.57 Å². The fraction of sp³-hybridized carbons (Fsp3) is 0. The van der Waals surface area contributed by atoms with Crippen molar-refractivity contribution in [3.63, 3.8) is 0 Å². The second-order valence-electron chi connectivity index (χ2n) is 18.5. The van der Waals surface area contributed by atoms with Gasteiger partial charge < -0.3 is 13.9 Å². The molecule has 0 atom stereocenters. The molecule has 0 bridgehead atoms. The van der Waals surface area contributed by atoms with Gasteiger partial charge in [0.15, 0.2) is 0 Å². The molecule has 0 unspecified atom stereocenters. The second-order valence-corrected chi connectivity index (χ2v) is 18.5. The second kappa shape index (κ2) is 16.7. The van der Waals surface area contributed by atoms with Crippen LogP contribution in [0.2, 0.25) is 0 Å². The molecule has 0 radical (unpaired) electrons. The predicted octanol–water partition coefficient (Wildman–Crippen LogP) is 19.1. The molecule has 0 saturated heterocycles. The molecule has 0 fully saturated rings. The predicted molar refractivity (Wildman–Crippen MR) is 299 cm³/mol. The van der Waals surface area contributed by atoms with Crippen LogP contribution in [0, 0.1) is 0 Å². The zero-order valence-corrected chi connectivity index (χ0v) is 38.7. The van der Waals surface area contributed by atoms with Crippen LogP contribution in [0.5, 0.6) is 0 Å². The van der Waals surface area contributed by atoms with E-state index in [-0.39, 0.29) is 0 Å². The molecule has 0 spiro atoms. The number of anilines is 3. The third kappa shape index (κ3) is 6.97. The molecule has 0 aliphatic carbocycles. The number of rotatable bonds is 8. The minimum atomic E-state index is 0.886. The molecule has 2 heterocycles. The lowest BCUT2D eigenvalue weighted by molar-refractivity contribution is 0.670. The number of nitrogens with zero attached hydrogens (tertiary/aromatic N) is 2. The van der Waals surface area contributed by atoms with E-state index < -0.39 is 0 Å². The Labute approximate surface area is 411 Å². The van der Waals surface area contributed by atoms with Gasteiger partial charge in [-0.3, -0.25) is 0 Å². The lowest BCUT2D eigenvalue weighted by Gasteiger charge is -2.26. The highest BCUT2D eigenvalue weighted by molar-refractivity contribution is 6.12. The molecule has 14 rings (SSSR count). The van der Waals surface area contributed by atoms with Crippen molar-refractivity contribution in [1.29, 1.82) is 0 Å². The molecular weight excluding hydrogens is 861 g/mol. The van der Waals surface area contributed by atoms with Crippen molar-refractivity contribution >= 4 is 82.4 Å². The highest BCUT2D eigenvalue weighted by atomic mass is 16.3. The van der Waals surface area contributed by atoms with Crippen LogP contribution in [-0.2, 0) is 0 Å². The van der Waals surface area contributed by atoms with Gasteiger partial charge in [0.25, 0.3) is 0 Å². The van der Waals surface area contributed by atoms with Crippen LogP contribution in [0.4, 0.5) is 17.1 Å². The first kappa shape index (κ1) is 40.6. The van der Waals surface area contributed by atoms with E-state index in [1.54, 1.807) is 0 Å². The molecule has 14 aromatic rings. The minimum absolute atomic E-state index is 0.886. The van der Waals surface area contributed by atoms with Crippen molar-refractivity contribution in [3.05, 3.63) is 267 Å². The van der Waals surface area contributed by atoms with Gasteiger partial charge in [-0.15, -0.1) is 0 Å². The van der Waals surface area contributed by atoms with E-state index in [2.05, 4.69) is 270 Å². The van der Waals surface area contributed by atoms with Crippen LogP contribution < -0.4 is 4.90 Å². The van der Waals surface area contributed by atoms with Gasteiger partial charge in [-0.05, 0) is 139 Å². The number of furan rings is 1. The minimum Gasteiger partial charge on any atom is -0.455 e. The van der Waals surface area contributed by atoms with E-state index in [9.17, 15) is 0 Å². The van der Waals surface area contributed by atoms with E-state index >= 15 is 0 Å². The van der Waals surface area contributed by atoms with Crippen molar-refractivity contribution in [1.82, 2.24) is 4.57 Å². The van der Waals surface area contributed by atoms with Crippen LogP contribution in [0.25, 0.3) is 115 Å². The Bertz CT molecular complexity index is 4300. The Hall–Kier alpha value is -9.44. The number of benzene rings is 12. The Kier molecular flexibility index (Phi) is 9.53. The highest BCUT2D eigenvalue weighted by Crippen LogP contribution is 2.42. The first-order valence-electron chi connectivity index (χ1n) is 24.3. The summed E-state index contributed by atoms with van der Waals surface area (Å²) in [5.74, 6) is 0. The number of hydrogen-bond donors (Lipinski definition) is 0. The fourth-order valence-electron chi connectivity index (χ4n) is 10.9. The van der Waals surface area contributed by atoms with Crippen LogP contribution in [0.1, 0.15) is 0 Å². The first-order valence-corrected chi connectivity index (χ1v) is 24.3. The quantitative estimate of drug-likeness (QED) is 0.142. The third-order valence-corrected chi connectivity index (χ3v) is 14.4. The molecule has 3 nitrogen and oxygen atoms in total. The summed E-state index contributed by atoms with van der Waals surface area (Å²) < 4.78 is 8.92. The van der Waals surface area contributed by atoms with E-state index in [1.807, 2.05) is 6.07 Å². The lowest BCUT2D eigenvalue weighted by Crippen LogP contribution is -2.09. The summed E-state index contributed by atoms with van der Waals surface area (Å²) in [4.78, 5) is 2.36. The Morgan fingerprint density at radius 3 is 1.46 bits per heavy atom. The largest absolute Gasteiger partial charge is 0.455 e. The van der Waals surface area contributed by atoms with Crippen molar-refractivity contribution in [3.8, 4) is 50.2 Å². The fourth-order valence-corrected chi connectivity index (χ4v) is 10.9. The number of aromatic nitrogens is 1. The standard InChI is InChI=1S/C68H44N2O/c1-3-12-48(13-4-1)59-19-11-20-62-64-43-52(33-41-67(64)71-68(59)62)46-28-36-56(37-29-46)69(55-34-26-45(27-35-55)51-25-24-50-23-22-49-14-7-8-17-58(49)63(50)42-51)57-38-30-47(31-39-57)53-32-40-61-60-18-9-10-21-65(60)70(66(61)44-53)54-15-5-2-6-16-54/h1-44H. The van der Waals surface area contributed by atoms with Crippen molar-refractivity contribution in [2.75, 3.05) is 4.90 Å². The van der Waals surface area contributed by atoms with Gasteiger partial charge in [0, 0.05) is 49.9 Å². The SMILES string of the molecule is c1ccc(-c2cccc3c2oc2ccc(-c4ccc(N(c5ccc(-c6ccc7ccc8ccccc8c7c6)cc5)c5ccc(-c6ccc7c8ccccc8n(-c8ccccc8)c7c6)cc5)cc4)cc23)cc1. The smallest absolute Gasteiger partial charge is 0.143 e. The molecule has 332 valence electrons. The maximum atomic E-state index is 6.53. The average molecular weight is 905 g/mol. The summed E-state index contributed by atoms with van der Waals surface area (Å²) in [6.07, 6.45) is 0. The van der Waals surface area contributed by atoms with E-state index in [4.69, 9.17) is 4.42 Å². The molecule has 0 saturated carbocycles. The summed E-state index contributed by atoms with van der Waals surface area (Å²) in [5, 5.41) is 9.77. The van der Waals surface area contributed by atoms with Gasteiger partial charge in [0.05, 0.1) is 11.0 Å². The normalized spacial score (nSPS) is 11.7. The zero-order chi connectivity index (χ0) is 46.8. The summed E-state index contributed by atoms with van der Waals surface area (Å²) in [7, 11) is 0. The molecule has 2 aromatic heterocycles. The summed E-state index contributed by atoms with van der Waals surface area (Å²) in [6.45, 7) is 0. The molecule has 0 aliphatic heterocycles. The third-order valence-electron chi connectivity index (χ3n) is 14.4. The lowest BCUT2D eigenvalue weighted by atomic mass is 9.97. The topological polar surface area (TPSA) is 21.3 Å². The molecular formula is C68H44N2O. The van der Waals surface area contributed by atoms with Crippen molar-refractivity contribution in [2.24, 2.45) is 0 Å². The van der Waals surface area contributed by atoms with Crippen molar-refractivity contribution < 1.29 is 4.42 Å². The van der Waals surface area contributed by atoms with Crippen molar-refractivity contribution in [2.45, 2.75) is 0 Å². The molecule has 3 heteroatoms. The maximum Gasteiger partial charge on any atom is 0.143 e. The average Bonchev–Trinajstić information content (AvgIpc) is 3.99. The highest BCUT2D eigenvalue weighted by Gasteiger charge is 2.18. The number of fused-ring (bicyclic) bond motifs is 9. The van der Waals surface area contributed by atoms with Crippen LogP contribution in [0.15, 0.2) is 271 Å². The van der Waals surface area contributed by atoms with Gasteiger partial charge in [-0.2, -0.15) is 0 Å².